The summed E-state index contributed by atoms with van der Waals surface area (Å²) >= 11 is 9.39. The van der Waals surface area contributed by atoms with E-state index in [2.05, 4.69) is 21.2 Å². The first-order valence-electron chi connectivity index (χ1n) is 6.30. The number of hydrogen-bond donors (Lipinski definition) is 1. The normalized spacial score (nSPS) is 12.0. The van der Waals surface area contributed by atoms with Gasteiger partial charge in [-0.1, -0.05) is 39.7 Å². The molecular formula is C16H15BrClNO. The Balaban J connectivity index is 2.13. The molecule has 20 heavy (non-hydrogen) atoms. The molecular weight excluding hydrogens is 338 g/mol. The zero-order valence-electron chi connectivity index (χ0n) is 11.3. The van der Waals surface area contributed by atoms with E-state index in [-0.39, 0.29) is 11.9 Å². The fourth-order valence-electron chi connectivity index (χ4n) is 1.93. The topological polar surface area (TPSA) is 29.1 Å². The van der Waals surface area contributed by atoms with E-state index in [1.165, 1.54) is 0 Å². The van der Waals surface area contributed by atoms with E-state index < -0.39 is 0 Å². The number of hydrogen-bond acceptors (Lipinski definition) is 1. The SMILES string of the molecule is Cc1cc(C(=O)NC(C)c2cccc(Cl)c2)ccc1Br. The first kappa shape index (κ1) is 15.1. The molecule has 4 heteroatoms. The summed E-state index contributed by atoms with van der Waals surface area (Å²) in [6, 6.07) is 13.0. The highest BCUT2D eigenvalue weighted by atomic mass is 79.9. The number of rotatable bonds is 3. The largest absolute Gasteiger partial charge is 0.346 e. The predicted octanol–water partition coefficient (Wildman–Crippen LogP) is 4.90. The summed E-state index contributed by atoms with van der Waals surface area (Å²) in [6.07, 6.45) is 0. The number of halogens is 2. The van der Waals surface area contributed by atoms with Gasteiger partial charge in [-0.2, -0.15) is 0 Å². The Morgan fingerprint density at radius 3 is 2.65 bits per heavy atom. The van der Waals surface area contributed by atoms with Crippen molar-refractivity contribution in [2.75, 3.05) is 0 Å². The lowest BCUT2D eigenvalue weighted by molar-refractivity contribution is 0.0940. The van der Waals surface area contributed by atoms with Gasteiger partial charge < -0.3 is 5.32 Å². The third kappa shape index (κ3) is 3.62. The van der Waals surface area contributed by atoms with Gasteiger partial charge in [-0.05, 0) is 55.3 Å². The van der Waals surface area contributed by atoms with Gasteiger partial charge in [0.1, 0.15) is 0 Å². The van der Waals surface area contributed by atoms with Crippen molar-refractivity contribution in [1.82, 2.24) is 5.32 Å². The van der Waals surface area contributed by atoms with Crippen molar-refractivity contribution in [3.8, 4) is 0 Å². The molecule has 1 amide bonds. The maximum absolute atomic E-state index is 12.2. The zero-order valence-corrected chi connectivity index (χ0v) is 13.6. The van der Waals surface area contributed by atoms with Crippen LogP contribution >= 0.6 is 27.5 Å². The lowest BCUT2D eigenvalue weighted by atomic mass is 10.1. The Kier molecular flexibility index (Phi) is 4.84. The van der Waals surface area contributed by atoms with E-state index in [9.17, 15) is 4.79 Å². The monoisotopic (exact) mass is 351 g/mol. The molecule has 0 saturated heterocycles. The van der Waals surface area contributed by atoms with E-state index in [0.29, 0.717) is 10.6 Å². The average Bonchev–Trinajstić information content (AvgIpc) is 2.41. The Bertz CT molecular complexity index is 642. The van der Waals surface area contributed by atoms with Crippen molar-refractivity contribution in [3.63, 3.8) is 0 Å². The summed E-state index contributed by atoms with van der Waals surface area (Å²) in [7, 11) is 0. The van der Waals surface area contributed by atoms with Gasteiger partial charge in [-0.25, -0.2) is 0 Å². The summed E-state index contributed by atoms with van der Waals surface area (Å²) in [5, 5.41) is 3.64. The number of nitrogens with one attached hydrogen (secondary N) is 1. The Morgan fingerprint density at radius 1 is 1.25 bits per heavy atom. The van der Waals surface area contributed by atoms with Crippen LogP contribution in [0.5, 0.6) is 0 Å². The van der Waals surface area contributed by atoms with Gasteiger partial charge in [0.05, 0.1) is 6.04 Å². The van der Waals surface area contributed by atoms with Crippen LogP contribution in [0.3, 0.4) is 0 Å². The molecule has 104 valence electrons. The van der Waals surface area contributed by atoms with E-state index >= 15 is 0 Å². The van der Waals surface area contributed by atoms with Gasteiger partial charge in [0, 0.05) is 15.1 Å². The van der Waals surface area contributed by atoms with Crippen LogP contribution in [0.1, 0.15) is 34.5 Å². The van der Waals surface area contributed by atoms with Crippen LogP contribution in [-0.2, 0) is 0 Å². The molecule has 0 aliphatic heterocycles. The van der Waals surface area contributed by atoms with Crippen LogP contribution in [0.2, 0.25) is 5.02 Å². The highest BCUT2D eigenvalue weighted by Crippen LogP contribution is 2.20. The van der Waals surface area contributed by atoms with E-state index in [1.54, 1.807) is 6.07 Å². The number of benzene rings is 2. The fraction of sp³-hybridized carbons (Fsp3) is 0.188. The summed E-state index contributed by atoms with van der Waals surface area (Å²) in [5.41, 5.74) is 2.67. The van der Waals surface area contributed by atoms with Crippen molar-refractivity contribution >= 4 is 33.4 Å². The van der Waals surface area contributed by atoms with Gasteiger partial charge in [-0.15, -0.1) is 0 Å². The molecule has 0 radical (unpaired) electrons. The summed E-state index contributed by atoms with van der Waals surface area (Å²) in [5.74, 6) is -0.0897. The van der Waals surface area contributed by atoms with Gasteiger partial charge >= 0.3 is 0 Å². The Hall–Kier alpha value is -1.32. The summed E-state index contributed by atoms with van der Waals surface area (Å²) < 4.78 is 0.997. The molecule has 2 rings (SSSR count). The second-order valence-corrected chi connectivity index (χ2v) is 6.00. The highest BCUT2D eigenvalue weighted by Gasteiger charge is 2.12. The Morgan fingerprint density at radius 2 is 2.00 bits per heavy atom. The van der Waals surface area contributed by atoms with Crippen LogP contribution in [-0.4, -0.2) is 5.91 Å². The average molecular weight is 353 g/mol. The third-order valence-electron chi connectivity index (χ3n) is 3.12. The van der Waals surface area contributed by atoms with E-state index in [4.69, 9.17) is 11.6 Å². The van der Waals surface area contributed by atoms with Crippen molar-refractivity contribution in [3.05, 3.63) is 68.7 Å². The maximum Gasteiger partial charge on any atom is 0.251 e. The number of aryl methyl sites for hydroxylation is 1. The van der Waals surface area contributed by atoms with Gasteiger partial charge in [-0.3, -0.25) is 4.79 Å². The molecule has 0 aliphatic rings. The maximum atomic E-state index is 12.2. The molecule has 0 bridgehead atoms. The van der Waals surface area contributed by atoms with Gasteiger partial charge in [0.25, 0.3) is 5.91 Å². The number of carbonyl (C=O) groups excluding carboxylic acids is 1. The van der Waals surface area contributed by atoms with Crippen LogP contribution in [0.15, 0.2) is 46.9 Å². The lowest BCUT2D eigenvalue weighted by Gasteiger charge is -2.15. The van der Waals surface area contributed by atoms with Crippen LogP contribution < -0.4 is 5.32 Å². The van der Waals surface area contributed by atoms with Gasteiger partial charge in [0.15, 0.2) is 0 Å². The quantitative estimate of drug-likeness (QED) is 0.836. The van der Waals surface area contributed by atoms with Crippen LogP contribution in [0.25, 0.3) is 0 Å². The molecule has 1 N–H and O–H groups in total. The smallest absolute Gasteiger partial charge is 0.251 e. The van der Waals surface area contributed by atoms with Gasteiger partial charge in [0.2, 0.25) is 0 Å². The molecule has 2 nitrogen and oxygen atoms in total. The molecule has 2 aromatic rings. The molecule has 0 saturated carbocycles. The first-order valence-corrected chi connectivity index (χ1v) is 7.47. The van der Waals surface area contributed by atoms with Crippen LogP contribution in [0.4, 0.5) is 0 Å². The second kappa shape index (κ2) is 6.42. The van der Waals surface area contributed by atoms with Crippen molar-refractivity contribution in [1.29, 1.82) is 0 Å². The van der Waals surface area contributed by atoms with E-state index in [1.807, 2.05) is 50.2 Å². The minimum atomic E-state index is -0.0925. The minimum Gasteiger partial charge on any atom is -0.346 e. The molecule has 0 aliphatic carbocycles. The third-order valence-corrected chi connectivity index (χ3v) is 4.24. The molecule has 0 spiro atoms. The molecule has 1 unspecified atom stereocenters. The second-order valence-electron chi connectivity index (χ2n) is 4.71. The standard InChI is InChI=1S/C16H15BrClNO/c1-10-8-13(6-7-15(10)17)16(20)19-11(2)12-4-3-5-14(18)9-12/h3-9,11H,1-2H3,(H,19,20). The first-order chi connectivity index (χ1) is 9.47. The summed E-state index contributed by atoms with van der Waals surface area (Å²) in [4.78, 5) is 12.2. The van der Waals surface area contributed by atoms with Crippen molar-refractivity contribution < 1.29 is 4.79 Å². The summed E-state index contributed by atoms with van der Waals surface area (Å²) in [6.45, 7) is 3.90. The number of amides is 1. The zero-order chi connectivity index (χ0) is 14.7. The molecule has 0 fully saturated rings. The van der Waals surface area contributed by atoms with E-state index in [0.717, 1.165) is 15.6 Å². The minimum absolute atomic E-state index is 0.0897. The highest BCUT2D eigenvalue weighted by molar-refractivity contribution is 9.10. The predicted molar refractivity (Wildman–Crippen MR) is 86.2 cm³/mol. The molecule has 2 aromatic carbocycles. The molecule has 0 aromatic heterocycles. The fourth-order valence-corrected chi connectivity index (χ4v) is 2.37. The lowest BCUT2D eigenvalue weighted by Crippen LogP contribution is -2.26. The van der Waals surface area contributed by atoms with Crippen LogP contribution in [0, 0.1) is 6.92 Å². The number of carbonyl (C=O) groups is 1. The van der Waals surface area contributed by atoms with Crippen molar-refractivity contribution in [2.45, 2.75) is 19.9 Å². The molecule has 1 atom stereocenters. The molecule has 0 heterocycles. The Labute approximate surface area is 132 Å². The van der Waals surface area contributed by atoms with Crippen molar-refractivity contribution in [2.24, 2.45) is 0 Å².